The molecule has 0 aliphatic rings. The maximum Gasteiger partial charge on any atom is 0.225 e. The van der Waals surface area contributed by atoms with Crippen LogP contribution in [0.4, 0.5) is 16.0 Å². The van der Waals surface area contributed by atoms with Crippen molar-refractivity contribution in [1.82, 2.24) is 9.97 Å². The maximum absolute atomic E-state index is 12.9. The molecule has 0 atom stereocenters. The molecule has 20 heavy (non-hydrogen) atoms. The average molecular weight is 274 g/mol. The molecule has 106 valence electrons. The summed E-state index contributed by atoms with van der Waals surface area (Å²) in [6, 6.07) is 8.33. The average Bonchev–Trinajstić information content (AvgIpc) is 2.46. The van der Waals surface area contributed by atoms with Crippen LogP contribution in [0.25, 0.3) is 0 Å². The summed E-state index contributed by atoms with van der Waals surface area (Å²) in [5, 5.41) is 0. The number of halogens is 1. The highest BCUT2D eigenvalue weighted by Gasteiger charge is 2.08. The predicted molar refractivity (Wildman–Crippen MR) is 79.5 cm³/mol. The van der Waals surface area contributed by atoms with Crippen LogP contribution in [0.5, 0.6) is 0 Å². The number of nitrogens with zero attached hydrogens (tertiary/aromatic N) is 4. The first-order chi connectivity index (χ1) is 9.60. The number of hydrogen-bond acceptors (Lipinski definition) is 4. The van der Waals surface area contributed by atoms with Crippen molar-refractivity contribution < 1.29 is 4.39 Å². The van der Waals surface area contributed by atoms with Crippen molar-refractivity contribution in [3.8, 4) is 0 Å². The zero-order valence-corrected chi connectivity index (χ0v) is 12.0. The van der Waals surface area contributed by atoms with E-state index in [9.17, 15) is 4.39 Å². The van der Waals surface area contributed by atoms with Crippen molar-refractivity contribution >= 4 is 11.6 Å². The third-order valence-electron chi connectivity index (χ3n) is 3.10. The van der Waals surface area contributed by atoms with Crippen molar-refractivity contribution in [2.45, 2.75) is 13.5 Å². The lowest BCUT2D eigenvalue weighted by Crippen LogP contribution is -2.24. The van der Waals surface area contributed by atoms with Gasteiger partial charge in [0.15, 0.2) is 5.82 Å². The molecule has 0 bridgehead atoms. The van der Waals surface area contributed by atoms with Crippen LogP contribution < -0.4 is 9.80 Å². The lowest BCUT2D eigenvalue weighted by atomic mass is 10.2. The number of benzene rings is 1. The molecule has 0 aliphatic carbocycles. The largest absolute Gasteiger partial charge is 0.378 e. The third kappa shape index (κ3) is 3.44. The Bertz CT molecular complexity index is 537. The van der Waals surface area contributed by atoms with E-state index in [1.165, 1.54) is 18.0 Å². The van der Waals surface area contributed by atoms with Gasteiger partial charge in [0.25, 0.3) is 0 Å². The normalized spacial score (nSPS) is 10.4. The number of aromatic nitrogens is 2. The molecular formula is C15H19FN4. The van der Waals surface area contributed by atoms with E-state index >= 15 is 0 Å². The summed E-state index contributed by atoms with van der Waals surface area (Å²) < 4.78 is 12.9. The second-order valence-electron chi connectivity index (χ2n) is 4.78. The Balaban J connectivity index is 2.11. The lowest BCUT2D eigenvalue weighted by Gasteiger charge is -2.21. The van der Waals surface area contributed by atoms with E-state index in [1.54, 1.807) is 0 Å². The molecular weight excluding hydrogens is 255 g/mol. The van der Waals surface area contributed by atoms with E-state index in [2.05, 4.69) is 39.1 Å². The highest BCUT2D eigenvalue weighted by atomic mass is 19.1. The van der Waals surface area contributed by atoms with Crippen LogP contribution in [0.1, 0.15) is 12.5 Å². The molecule has 0 unspecified atom stereocenters. The van der Waals surface area contributed by atoms with Crippen molar-refractivity contribution in [3.05, 3.63) is 48.0 Å². The van der Waals surface area contributed by atoms with Crippen LogP contribution in [-0.4, -0.2) is 30.6 Å². The standard InChI is InChI=1S/C15H19FN4/c1-4-20(15-17-9-13(16)10-18-15)11-12-5-7-14(8-6-12)19(2)3/h5-10H,4,11H2,1-3H3. The van der Waals surface area contributed by atoms with E-state index in [-0.39, 0.29) is 0 Å². The molecule has 0 aliphatic heterocycles. The van der Waals surface area contributed by atoms with Crippen LogP contribution in [0, 0.1) is 5.82 Å². The Labute approximate surface area is 118 Å². The Morgan fingerprint density at radius 1 is 1.05 bits per heavy atom. The van der Waals surface area contributed by atoms with Gasteiger partial charge in [0.2, 0.25) is 5.95 Å². The van der Waals surface area contributed by atoms with Gasteiger partial charge in [0, 0.05) is 32.9 Å². The fourth-order valence-corrected chi connectivity index (χ4v) is 1.91. The molecule has 1 heterocycles. The Morgan fingerprint density at radius 2 is 1.65 bits per heavy atom. The Hall–Kier alpha value is -2.17. The first-order valence-electron chi connectivity index (χ1n) is 6.59. The highest BCUT2D eigenvalue weighted by Crippen LogP contribution is 2.16. The molecule has 0 radical (unpaired) electrons. The van der Waals surface area contributed by atoms with E-state index < -0.39 is 5.82 Å². The minimum atomic E-state index is -0.417. The first-order valence-corrected chi connectivity index (χ1v) is 6.59. The number of anilines is 2. The van der Waals surface area contributed by atoms with Gasteiger partial charge >= 0.3 is 0 Å². The van der Waals surface area contributed by atoms with Crippen LogP contribution in [0.3, 0.4) is 0 Å². The van der Waals surface area contributed by atoms with Crippen LogP contribution in [0.2, 0.25) is 0 Å². The van der Waals surface area contributed by atoms with Gasteiger partial charge in [-0.3, -0.25) is 0 Å². The fourth-order valence-electron chi connectivity index (χ4n) is 1.91. The summed E-state index contributed by atoms with van der Waals surface area (Å²) in [6.07, 6.45) is 2.39. The number of rotatable bonds is 5. The molecule has 4 nitrogen and oxygen atoms in total. The van der Waals surface area contributed by atoms with Gasteiger partial charge in [-0.25, -0.2) is 14.4 Å². The molecule has 0 saturated carbocycles. The van der Waals surface area contributed by atoms with E-state index in [0.717, 1.165) is 12.2 Å². The SMILES string of the molecule is CCN(Cc1ccc(N(C)C)cc1)c1ncc(F)cn1. The second kappa shape index (κ2) is 6.32. The van der Waals surface area contributed by atoms with E-state index in [0.29, 0.717) is 12.5 Å². The first kappa shape index (κ1) is 14.2. The smallest absolute Gasteiger partial charge is 0.225 e. The summed E-state index contributed by atoms with van der Waals surface area (Å²) in [7, 11) is 4.03. The maximum atomic E-state index is 12.9. The van der Waals surface area contributed by atoms with Gasteiger partial charge in [-0.15, -0.1) is 0 Å². The summed E-state index contributed by atoms with van der Waals surface area (Å²) >= 11 is 0. The minimum absolute atomic E-state index is 0.417. The van der Waals surface area contributed by atoms with Crippen molar-refractivity contribution in [2.24, 2.45) is 0 Å². The van der Waals surface area contributed by atoms with Gasteiger partial charge < -0.3 is 9.80 Å². The lowest BCUT2D eigenvalue weighted by molar-refractivity contribution is 0.611. The minimum Gasteiger partial charge on any atom is -0.378 e. The van der Waals surface area contributed by atoms with Gasteiger partial charge in [-0.2, -0.15) is 0 Å². The summed E-state index contributed by atoms with van der Waals surface area (Å²) in [4.78, 5) is 12.1. The predicted octanol–water partition coefficient (Wildman–Crippen LogP) is 2.71. The van der Waals surface area contributed by atoms with Gasteiger partial charge in [0.05, 0.1) is 12.4 Å². The zero-order valence-electron chi connectivity index (χ0n) is 12.0. The molecule has 1 aromatic carbocycles. The van der Waals surface area contributed by atoms with E-state index in [4.69, 9.17) is 0 Å². The highest BCUT2D eigenvalue weighted by molar-refractivity contribution is 5.46. The third-order valence-corrected chi connectivity index (χ3v) is 3.10. The second-order valence-corrected chi connectivity index (χ2v) is 4.78. The van der Waals surface area contributed by atoms with Gasteiger partial charge in [0.1, 0.15) is 0 Å². The van der Waals surface area contributed by atoms with Crippen molar-refractivity contribution in [2.75, 3.05) is 30.4 Å². The number of hydrogen-bond donors (Lipinski definition) is 0. The fraction of sp³-hybridized carbons (Fsp3) is 0.333. The quantitative estimate of drug-likeness (QED) is 0.839. The molecule has 5 heteroatoms. The van der Waals surface area contributed by atoms with Crippen LogP contribution in [-0.2, 0) is 6.54 Å². The Kier molecular flexibility index (Phi) is 4.50. The van der Waals surface area contributed by atoms with Crippen molar-refractivity contribution in [1.29, 1.82) is 0 Å². The summed E-state index contributed by atoms with van der Waals surface area (Å²) in [6.45, 7) is 3.50. The molecule has 0 spiro atoms. The molecule has 0 N–H and O–H groups in total. The molecule has 1 aromatic heterocycles. The zero-order chi connectivity index (χ0) is 14.5. The Morgan fingerprint density at radius 3 is 2.15 bits per heavy atom. The van der Waals surface area contributed by atoms with E-state index in [1.807, 2.05) is 25.9 Å². The molecule has 0 saturated heterocycles. The summed E-state index contributed by atoms with van der Waals surface area (Å²) in [5.41, 5.74) is 2.33. The van der Waals surface area contributed by atoms with Gasteiger partial charge in [-0.05, 0) is 24.6 Å². The van der Waals surface area contributed by atoms with Gasteiger partial charge in [-0.1, -0.05) is 12.1 Å². The van der Waals surface area contributed by atoms with Crippen LogP contribution in [0.15, 0.2) is 36.7 Å². The summed E-state index contributed by atoms with van der Waals surface area (Å²) in [5.74, 6) is 0.130. The molecule has 0 amide bonds. The monoisotopic (exact) mass is 274 g/mol. The van der Waals surface area contributed by atoms with Crippen LogP contribution >= 0.6 is 0 Å². The topological polar surface area (TPSA) is 32.3 Å². The molecule has 2 aromatic rings. The molecule has 2 rings (SSSR count). The molecule has 0 fully saturated rings. The van der Waals surface area contributed by atoms with Crippen molar-refractivity contribution in [3.63, 3.8) is 0 Å².